The van der Waals surface area contributed by atoms with Crippen molar-refractivity contribution >= 4 is 11.9 Å². The maximum absolute atomic E-state index is 12.1. The minimum Gasteiger partial charge on any atom is -0.483 e. The standard InChI is InChI=1S/C19H29NO4/c1-12(2)9-16(19(22)23-6)20-18(21)11-24-17-10-15(13(3)4)8-7-14(17)5/h7-8,10,12-13,16H,9,11H2,1-6H3,(H,20,21). The van der Waals surface area contributed by atoms with Gasteiger partial charge in [0, 0.05) is 0 Å². The molecule has 0 fully saturated rings. The summed E-state index contributed by atoms with van der Waals surface area (Å²) in [6.07, 6.45) is 0.528. The minimum absolute atomic E-state index is 0.131. The molecule has 1 unspecified atom stereocenters. The van der Waals surface area contributed by atoms with Gasteiger partial charge in [-0.2, -0.15) is 0 Å². The lowest BCUT2D eigenvalue weighted by molar-refractivity contribution is -0.145. The predicted molar refractivity (Wildman–Crippen MR) is 94.2 cm³/mol. The molecule has 5 heteroatoms. The van der Waals surface area contributed by atoms with Crippen LogP contribution < -0.4 is 10.1 Å². The molecule has 0 spiro atoms. The van der Waals surface area contributed by atoms with E-state index in [0.29, 0.717) is 18.1 Å². The molecule has 0 radical (unpaired) electrons. The first-order valence-electron chi connectivity index (χ1n) is 8.35. The van der Waals surface area contributed by atoms with Gasteiger partial charge in [0.1, 0.15) is 11.8 Å². The van der Waals surface area contributed by atoms with Crippen molar-refractivity contribution in [1.29, 1.82) is 0 Å². The van der Waals surface area contributed by atoms with Crippen molar-refractivity contribution in [3.63, 3.8) is 0 Å². The largest absolute Gasteiger partial charge is 0.483 e. The quantitative estimate of drug-likeness (QED) is 0.741. The Balaban J connectivity index is 2.67. The Morgan fingerprint density at radius 1 is 1.17 bits per heavy atom. The smallest absolute Gasteiger partial charge is 0.328 e. The molecule has 1 aromatic rings. The Bertz CT molecular complexity index is 566. The first-order chi connectivity index (χ1) is 11.2. The summed E-state index contributed by atoms with van der Waals surface area (Å²) in [6, 6.07) is 5.36. The van der Waals surface area contributed by atoms with E-state index in [4.69, 9.17) is 9.47 Å². The van der Waals surface area contributed by atoms with E-state index in [0.717, 1.165) is 11.1 Å². The van der Waals surface area contributed by atoms with E-state index in [1.165, 1.54) is 7.11 Å². The molecule has 5 nitrogen and oxygen atoms in total. The molecule has 1 amide bonds. The lowest BCUT2D eigenvalue weighted by Crippen LogP contribution is -2.44. The van der Waals surface area contributed by atoms with Gasteiger partial charge in [0.05, 0.1) is 7.11 Å². The molecule has 0 saturated heterocycles. The Kier molecular flexibility index (Phi) is 7.75. The highest BCUT2D eigenvalue weighted by molar-refractivity contribution is 5.85. The van der Waals surface area contributed by atoms with Crippen LogP contribution in [0.1, 0.15) is 51.2 Å². The van der Waals surface area contributed by atoms with Crippen molar-refractivity contribution in [2.24, 2.45) is 5.92 Å². The van der Waals surface area contributed by atoms with Gasteiger partial charge in [0.2, 0.25) is 0 Å². The van der Waals surface area contributed by atoms with E-state index >= 15 is 0 Å². The Morgan fingerprint density at radius 3 is 2.38 bits per heavy atom. The van der Waals surface area contributed by atoms with Crippen LogP contribution in [-0.2, 0) is 14.3 Å². The summed E-state index contributed by atoms with van der Waals surface area (Å²) < 4.78 is 10.4. The molecule has 1 atom stereocenters. The Hall–Kier alpha value is -2.04. The predicted octanol–water partition coefficient (Wildman–Crippen LogP) is 3.20. The summed E-state index contributed by atoms with van der Waals surface area (Å²) in [7, 11) is 1.32. The molecular formula is C19H29NO4. The number of amides is 1. The lowest BCUT2D eigenvalue weighted by atomic mass is 10.0. The number of hydrogen-bond acceptors (Lipinski definition) is 4. The fourth-order valence-corrected chi connectivity index (χ4v) is 2.34. The number of esters is 1. The number of benzene rings is 1. The molecule has 0 aliphatic rings. The van der Waals surface area contributed by atoms with Crippen molar-refractivity contribution in [3.05, 3.63) is 29.3 Å². The highest BCUT2D eigenvalue weighted by Gasteiger charge is 2.22. The summed E-state index contributed by atoms with van der Waals surface area (Å²) in [5.74, 6) is 0.571. The number of carbonyl (C=O) groups is 2. The van der Waals surface area contributed by atoms with Crippen molar-refractivity contribution in [3.8, 4) is 5.75 Å². The third kappa shape index (κ3) is 6.22. The number of methoxy groups -OCH3 is 1. The number of nitrogens with one attached hydrogen (secondary N) is 1. The van der Waals surface area contributed by atoms with Gasteiger partial charge in [-0.1, -0.05) is 39.8 Å². The van der Waals surface area contributed by atoms with Crippen LogP contribution in [0.3, 0.4) is 0 Å². The van der Waals surface area contributed by atoms with E-state index in [2.05, 4.69) is 25.2 Å². The highest BCUT2D eigenvalue weighted by Crippen LogP contribution is 2.24. The number of rotatable bonds is 8. The maximum atomic E-state index is 12.1. The van der Waals surface area contributed by atoms with Gasteiger partial charge < -0.3 is 14.8 Å². The third-order valence-electron chi connectivity index (χ3n) is 3.77. The second kappa shape index (κ2) is 9.30. The van der Waals surface area contributed by atoms with E-state index in [1.54, 1.807) is 0 Å². The molecule has 1 aromatic carbocycles. The van der Waals surface area contributed by atoms with Gasteiger partial charge in [-0.25, -0.2) is 4.79 Å². The summed E-state index contributed by atoms with van der Waals surface area (Å²) in [5.41, 5.74) is 2.13. The SMILES string of the molecule is COC(=O)C(CC(C)C)NC(=O)COc1cc(C(C)C)ccc1C. The fraction of sp³-hybridized carbons (Fsp3) is 0.579. The molecule has 0 heterocycles. The third-order valence-corrected chi connectivity index (χ3v) is 3.77. The molecule has 24 heavy (non-hydrogen) atoms. The summed E-state index contributed by atoms with van der Waals surface area (Å²) in [5, 5.41) is 2.69. The monoisotopic (exact) mass is 335 g/mol. The first-order valence-corrected chi connectivity index (χ1v) is 8.35. The number of aryl methyl sites for hydroxylation is 1. The minimum atomic E-state index is -0.644. The number of ether oxygens (including phenoxy) is 2. The van der Waals surface area contributed by atoms with Crippen LogP contribution in [0.4, 0.5) is 0 Å². The zero-order valence-corrected chi connectivity index (χ0v) is 15.5. The molecule has 0 aromatic heterocycles. The highest BCUT2D eigenvalue weighted by atomic mass is 16.5. The van der Waals surface area contributed by atoms with Crippen LogP contribution in [0.5, 0.6) is 5.75 Å². The van der Waals surface area contributed by atoms with Crippen molar-refractivity contribution in [2.45, 2.75) is 53.0 Å². The topological polar surface area (TPSA) is 64.6 Å². The maximum Gasteiger partial charge on any atom is 0.328 e. The van der Waals surface area contributed by atoms with Gasteiger partial charge in [0.25, 0.3) is 5.91 Å². The van der Waals surface area contributed by atoms with E-state index in [1.807, 2.05) is 32.9 Å². The van der Waals surface area contributed by atoms with Crippen molar-refractivity contribution in [2.75, 3.05) is 13.7 Å². The molecule has 1 rings (SSSR count). The normalized spacial score (nSPS) is 12.2. The fourth-order valence-electron chi connectivity index (χ4n) is 2.34. The zero-order valence-electron chi connectivity index (χ0n) is 15.5. The molecule has 134 valence electrons. The van der Waals surface area contributed by atoms with Crippen molar-refractivity contribution in [1.82, 2.24) is 5.32 Å². The van der Waals surface area contributed by atoms with Crippen LogP contribution in [0, 0.1) is 12.8 Å². The molecule has 0 aliphatic heterocycles. The van der Waals surface area contributed by atoms with E-state index in [9.17, 15) is 9.59 Å². The molecule has 0 bridgehead atoms. The van der Waals surface area contributed by atoms with Crippen LogP contribution in [0.2, 0.25) is 0 Å². The van der Waals surface area contributed by atoms with Gasteiger partial charge in [-0.3, -0.25) is 4.79 Å². The van der Waals surface area contributed by atoms with Gasteiger partial charge in [0.15, 0.2) is 6.61 Å². The van der Waals surface area contributed by atoms with Gasteiger partial charge in [-0.15, -0.1) is 0 Å². The van der Waals surface area contributed by atoms with E-state index < -0.39 is 12.0 Å². The molecule has 0 aliphatic carbocycles. The zero-order chi connectivity index (χ0) is 18.3. The summed E-state index contributed by atoms with van der Waals surface area (Å²) in [4.78, 5) is 23.9. The summed E-state index contributed by atoms with van der Waals surface area (Å²) >= 11 is 0. The van der Waals surface area contributed by atoms with Crippen LogP contribution >= 0.6 is 0 Å². The Morgan fingerprint density at radius 2 is 1.83 bits per heavy atom. The lowest BCUT2D eigenvalue weighted by Gasteiger charge is -2.19. The van der Waals surface area contributed by atoms with Crippen LogP contribution in [-0.4, -0.2) is 31.6 Å². The van der Waals surface area contributed by atoms with Crippen LogP contribution in [0.25, 0.3) is 0 Å². The number of hydrogen-bond donors (Lipinski definition) is 1. The molecule has 0 saturated carbocycles. The Labute approximate surface area is 144 Å². The van der Waals surface area contributed by atoms with E-state index in [-0.39, 0.29) is 18.4 Å². The summed E-state index contributed by atoms with van der Waals surface area (Å²) in [6.45, 7) is 9.99. The van der Waals surface area contributed by atoms with Crippen LogP contribution in [0.15, 0.2) is 18.2 Å². The first kappa shape index (κ1) is 20.0. The second-order valence-corrected chi connectivity index (χ2v) is 6.74. The molecule has 1 N–H and O–H groups in total. The van der Waals surface area contributed by atoms with Crippen molar-refractivity contribution < 1.29 is 19.1 Å². The van der Waals surface area contributed by atoms with Gasteiger partial charge >= 0.3 is 5.97 Å². The second-order valence-electron chi connectivity index (χ2n) is 6.74. The van der Waals surface area contributed by atoms with Gasteiger partial charge in [-0.05, 0) is 42.4 Å². The average molecular weight is 335 g/mol. The average Bonchev–Trinajstić information content (AvgIpc) is 2.52. The molecular weight excluding hydrogens is 306 g/mol. The number of carbonyl (C=O) groups excluding carboxylic acids is 2.